The lowest BCUT2D eigenvalue weighted by molar-refractivity contribution is -0.274. The summed E-state index contributed by atoms with van der Waals surface area (Å²) in [7, 11) is 0. The molecule has 0 saturated heterocycles. The number of hydrogen-bond donors (Lipinski definition) is 1. The Bertz CT molecular complexity index is 1050. The van der Waals surface area contributed by atoms with Crippen LogP contribution in [0.1, 0.15) is 12.6 Å². The summed E-state index contributed by atoms with van der Waals surface area (Å²) in [6.45, 7) is 3.22. The highest BCUT2D eigenvalue weighted by atomic mass is 19.4. The second-order valence-electron chi connectivity index (χ2n) is 5.13. The zero-order valence-corrected chi connectivity index (χ0v) is 13.5. The molecule has 0 radical (unpaired) electrons. The molecule has 0 amide bonds. The third kappa shape index (κ3) is 3.27. The summed E-state index contributed by atoms with van der Waals surface area (Å²) in [6, 6.07) is 3.45. The molecular weight excluding hydrogens is 359 g/mol. The van der Waals surface area contributed by atoms with Crippen molar-refractivity contribution in [1.82, 2.24) is 14.4 Å². The van der Waals surface area contributed by atoms with E-state index >= 15 is 0 Å². The number of hydrogen-bond acceptors (Lipinski definition) is 6. The molecular formula is C15H12F3N3O5. The Kier molecular flexibility index (Phi) is 4.22. The highest BCUT2D eigenvalue weighted by molar-refractivity contribution is 5.80. The number of aromatic nitrogens is 3. The lowest BCUT2D eigenvalue weighted by Crippen LogP contribution is -2.17. The fraction of sp³-hybridized carbons (Fsp3) is 0.267. The zero-order chi connectivity index (χ0) is 19.1. The number of benzene rings is 1. The van der Waals surface area contributed by atoms with E-state index < -0.39 is 23.8 Å². The molecule has 2 aromatic heterocycles. The summed E-state index contributed by atoms with van der Waals surface area (Å²) in [4.78, 5) is 30.0. The van der Waals surface area contributed by atoms with Crippen LogP contribution < -0.4 is 15.0 Å². The van der Waals surface area contributed by atoms with E-state index in [1.54, 1.807) is 6.92 Å². The first-order valence-electron chi connectivity index (χ1n) is 7.35. The van der Waals surface area contributed by atoms with E-state index in [1.807, 2.05) is 0 Å². The van der Waals surface area contributed by atoms with Gasteiger partial charge in [-0.2, -0.15) is 4.98 Å². The number of alkyl halides is 3. The number of carbonyl (C=O) groups is 1. The van der Waals surface area contributed by atoms with Gasteiger partial charge in [-0.1, -0.05) is 0 Å². The topological polar surface area (TPSA) is 94.9 Å². The number of H-pyrrole nitrogens is 1. The molecule has 2 heterocycles. The first kappa shape index (κ1) is 17.6. The fourth-order valence-corrected chi connectivity index (χ4v) is 2.44. The number of rotatable bonds is 3. The van der Waals surface area contributed by atoms with Crippen molar-refractivity contribution >= 4 is 22.8 Å². The maximum absolute atomic E-state index is 12.4. The average Bonchev–Trinajstić information content (AvgIpc) is 2.84. The van der Waals surface area contributed by atoms with Crippen molar-refractivity contribution in [2.75, 3.05) is 6.61 Å². The largest absolute Gasteiger partial charge is 0.573 e. The van der Waals surface area contributed by atoms with Crippen molar-refractivity contribution in [1.29, 1.82) is 0 Å². The van der Waals surface area contributed by atoms with Crippen molar-refractivity contribution in [3.8, 4) is 11.6 Å². The fourth-order valence-electron chi connectivity index (χ4n) is 2.44. The summed E-state index contributed by atoms with van der Waals surface area (Å²) >= 11 is 0. The summed E-state index contributed by atoms with van der Waals surface area (Å²) in [5, 5.41) is 0. The number of imidazole rings is 1. The molecule has 0 aliphatic heterocycles. The second kappa shape index (κ2) is 6.24. The van der Waals surface area contributed by atoms with Crippen LogP contribution in [0.5, 0.6) is 11.6 Å². The van der Waals surface area contributed by atoms with Gasteiger partial charge in [0.2, 0.25) is 11.5 Å². The van der Waals surface area contributed by atoms with E-state index in [9.17, 15) is 22.8 Å². The first-order chi connectivity index (χ1) is 12.2. The van der Waals surface area contributed by atoms with Crippen LogP contribution in [0, 0.1) is 6.92 Å². The molecule has 26 heavy (non-hydrogen) atoms. The van der Waals surface area contributed by atoms with Gasteiger partial charge in [-0.3, -0.25) is 9.20 Å². The Balaban J connectivity index is 2.14. The molecule has 1 aromatic carbocycles. The molecule has 0 saturated carbocycles. The monoisotopic (exact) mass is 371 g/mol. The van der Waals surface area contributed by atoms with Gasteiger partial charge in [-0.05, 0) is 26.0 Å². The van der Waals surface area contributed by atoms with E-state index in [2.05, 4.69) is 19.4 Å². The second-order valence-corrected chi connectivity index (χ2v) is 5.13. The summed E-state index contributed by atoms with van der Waals surface area (Å²) in [5.74, 6) is -0.627. The third-order valence-electron chi connectivity index (χ3n) is 3.40. The zero-order valence-electron chi connectivity index (χ0n) is 13.5. The van der Waals surface area contributed by atoms with Gasteiger partial charge in [-0.15, -0.1) is 13.2 Å². The summed E-state index contributed by atoms with van der Waals surface area (Å²) < 4.78 is 51.9. The smallest absolute Gasteiger partial charge is 0.434 e. The number of fused-ring (bicyclic) bond motifs is 3. The number of nitrogens with one attached hydrogen (secondary N) is 1. The average molecular weight is 371 g/mol. The molecule has 0 fully saturated rings. The van der Waals surface area contributed by atoms with Crippen LogP contribution in [-0.4, -0.2) is 33.5 Å². The number of nitrogens with zero attached hydrogens (tertiary/aromatic N) is 2. The van der Waals surface area contributed by atoms with Crippen LogP contribution in [0.3, 0.4) is 0 Å². The normalized spacial score (nSPS) is 11.7. The minimum absolute atomic E-state index is 0.0845. The van der Waals surface area contributed by atoms with Crippen LogP contribution in [0.15, 0.2) is 23.0 Å². The lowest BCUT2D eigenvalue weighted by Gasteiger charge is -2.10. The van der Waals surface area contributed by atoms with Crippen LogP contribution >= 0.6 is 0 Å². The van der Waals surface area contributed by atoms with Crippen molar-refractivity contribution in [2.45, 2.75) is 20.2 Å². The van der Waals surface area contributed by atoms with Gasteiger partial charge in [0.15, 0.2) is 0 Å². The number of carbonyl (C=O) groups excluding carboxylic acids is 1. The maximum Gasteiger partial charge on any atom is 0.573 e. The van der Waals surface area contributed by atoms with Gasteiger partial charge < -0.3 is 19.2 Å². The van der Waals surface area contributed by atoms with Gasteiger partial charge in [-0.25, -0.2) is 4.79 Å². The Hall–Kier alpha value is -3.24. The van der Waals surface area contributed by atoms with Gasteiger partial charge in [0.25, 0.3) is 5.56 Å². The molecule has 0 aliphatic carbocycles. The molecule has 0 bridgehead atoms. The lowest BCUT2D eigenvalue weighted by atomic mass is 10.2. The third-order valence-corrected chi connectivity index (χ3v) is 3.40. The Labute approximate surface area is 143 Å². The first-order valence-corrected chi connectivity index (χ1v) is 7.35. The molecule has 0 unspecified atom stereocenters. The summed E-state index contributed by atoms with van der Waals surface area (Å²) in [5.41, 5.74) is -0.0267. The van der Waals surface area contributed by atoms with Crippen molar-refractivity contribution in [2.24, 2.45) is 0 Å². The molecule has 0 spiro atoms. The Morgan fingerprint density at radius 2 is 2.08 bits per heavy atom. The molecule has 0 aliphatic rings. The van der Waals surface area contributed by atoms with Gasteiger partial charge in [0, 0.05) is 6.07 Å². The Morgan fingerprint density at radius 1 is 1.35 bits per heavy atom. The Morgan fingerprint density at radius 3 is 2.73 bits per heavy atom. The predicted molar refractivity (Wildman–Crippen MR) is 82.4 cm³/mol. The molecule has 138 valence electrons. The quantitative estimate of drug-likeness (QED) is 0.712. The van der Waals surface area contributed by atoms with E-state index in [-0.39, 0.29) is 23.7 Å². The number of ether oxygens (including phenoxy) is 3. The SMILES string of the molecule is CCOC(=O)Oc1nc2c(=O)[nH]c3cc(OC(F)(F)F)ccc3n2c1C. The van der Waals surface area contributed by atoms with E-state index in [4.69, 9.17) is 4.74 Å². The van der Waals surface area contributed by atoms with E-state index in [0.29, 0.717) is 11.2 Å². The molecule has 8 nitrogen and oxygen atoms in total. The van der Waals surface area contributed by atoms with Crippen LogP contribution in [0.4, 0.5) is 18.0 Å². The molecule has 3 rings (SSSR count). The number of halogens is 3. The highest BCUT2D eigenvalue weighted by Crippen LogP contribution is 2.27. The minimum Gasteiger partial charge on any atom is -0.434 e. The number of aromatic amines is 1. The standard InChI is InChI=1S/C15H12F3N3O5/c1-3-24-14(23)25-13-7(2)21-10-5-4-8(26-15(16,17)18)6-9(10)19-12(22)11(21)20-13/h4-6H,3H2,1-2H3,(H,19,22). The molecule has 0 atom stereocenters. The molecule has 11 heteroatoms. The number of aryl methyl sites for hydroxylation is 1. The van der Waals surface area contributed by atoms with Gasteiger partial charge >= 0.3 is 12.5 Å². The van der Waals surface area contributed by atoms with Crippen molar-refractivity contribution in [3.05, 3.63) is 34.2 Å². The van der Waals surface area contributed by atoms with E-state index in [0.717, 1.165) is 12.1 Å². The summed E-state index contributed by atoms with van der Waals surface area (Å²) in [6.07, 6.45) is -5.84. The molecule has 3 aromatic rings. The van der Waals surface area contributed by atoms with Crippen molar-refractivity contribution < 1.29 is 32.2 Å². The van der Waals surface area contributed by atoms with Gasteiger partial charge in [0.05, 0.1) is 23.3 Å². The van der Waals surface area contributed by atoms with Crippen molar-refractivity contribution in [3.63, 3.8) is 0 Å². The van der Waals surface area contributed by atoms with Crippen LogP contribution in [0.2, 0.25) is 0 Å². The maximum atomic E-state index is 12.4. The van der Waals surface area contributed by atoms with Gasteiger partial charge in [0.1, 0.15) is 5.75 Å². The minimum atomic E-state index is -4.86. The van der Waals surface area contributed by atoms with Crippen LogP contribution in [0.25, 0.3) is 16.7 Å². The van der Waals surface area contributed by atoms with E-state index in [1.165, 1.54) is 17.4 Å². The predicted octanol–water partition coefficient (Wildman–Crippen LogP) is 2.92. The molecule has 1 N–H and O–H groups in total. The van der Waals surface area contributed by atoms with Crippen LogP contribution in [-0.2, 0) is 4.74 Å². The highest BCUT2D eigenvalue weighted by Gasteiger charge is 2.31.